The second-order valence-electron chi connectivity index (χ2n) is 3.49. The predicted octanol–water partition coefficient (Wildman–Crippen LogP) is 2.58. The molecule has 1 N–H and O–H groups in total. The number of hydrogen-bond acceptors (Lipinski definition) is 4. The topological polar surface area (TPSA) is 37.8 Å². The Morgan fingerprint density at radius 3 is 3.07 bits per heavy atom. The fourth-order valence-electron chi connectivity index (χ4n) is 1.44. The number of aromatic nitrogens is 2. The van der Waals surface area contributed by atoms with Crippen molar-refractivity contribution in [3.8, 4) is 0 Å². The molecule has 2 heterocycles. The van der Waals surface area contributed by atoms with Gasteiger partial charge in [-0.1, -0.05) is 0 Å². The molecule has 4 heteroatoms. The van der Waals surface area contributed by atoms with Gasteiger partial charge in [-0.25, -0.2) is 0 Å². The maximum absolute atomic E-state index is 3.99. The number of thiophene rings is 1. The highest BCUT2D eigenvalue weighted by Gasteiger charge is 2.04. The summed E-state index contributed by atoms with van der Waals surface area (Å²) in [5.41, 5.74) is 1.36. The van der Waals surface area contributed by atoms with E-state index in [-0.39, 0.29) is 0 Å². The summed E-state index contributed by atoms with van der Waals surface area (Å²) in [6, 6.07) is 6.33. The number of nitrogens with zero attached hydrogens (tertiary/aromatic N) is 2. The summed E-state index contributed by atoms with van der Waals surface area (Å²) >= 11 is 1.73. The molecule has 0 spiro atoms. The molecule has 0 aliphatic carbocycles. The zero-order valence-corrected chi connectivity index (χ0v) is 9.37. The Labute approximate surface area is 93.2 Å². The molecule has 2 rings (SSSR count). The van der Waals surface area contributed by atoms with Crippen LogP contribution in [0.2, 0.25) is 0 Å². The predicted molar refractivity (Wildman–Crippen MR) is 63.1 cm³/mol. The zero-order chi connectivity index (χ0) is 10.5. The summed E-state index contributed by atoms with van der Waals surface area (Å²) < 4.78 is 0. The lowest BCUT2D eigenvalue weighted by molar-refractivity contribution is 0.781. The van der Waals surface area contributed by atoms with E-state index in [1.165, 1.54) is 5.56 Å². The highest BCUT2D eigenvalue weighted by atomic mass is 32.1. The molecule has 3 nitrogen and oxygen atoms in total. The van der Waals surface area contributed by atoms with E-state index in [0.29, 0.717) is 6.04 Å². The molecule has 0 radical (unpaired) electrons. The lowest BCUT2D eigenvalue weighted by Crippen LogP contribution is -2.18. The fraction of sp³-hybridized carbons (Fsp3) is 0.273. The minimum absolute atomic E-state index is 0.372. The Morgan fingerprint density at radius 1 is 1.47 bits per heavy atom. The van der Waals surface area contributed by atoms with E-state index in [0.717, 1.165) is 12.2 Å². The zero-order valence-electron chi connectivity index (χ0n) is 8.55. The van der Waals surface area contributed by atoms with Gasteiger partial charge in [0.25, 0.3) is 0 Å². The molecule has 0 saturated heterocycles. The summed E-state index contributed by atoms with van der Waals surface area (Å²) in [6.45, 7) is 2.15. The average molecular weight is 219 g/mol. The molecule has 1 atom stereocenters. The van der Waals surface area contributed by atoms with Crippen molar-refractivity contribution in [3.63, 3.8) is 0 Å². The van der Waals surface area contributed by atoms with Crippen molar-refractivity contribution in [2.45, 2.75) is 19.4 Å². The van der Waals surface area contributed by atoms with Crippen LogP contribution in [0.3, 0.4) is 0 Å². The molecule has 1 unspecified atom stereocenters. The van der Waals surface area contributed by atoms with Crippen LogP contribution in [0.25, 0.3) is 0 Å². The maximum atomic E-state index is 3.99. The maximum Gasteiger partial charge on any atom is 0.148 e. The number of rotatable bonds is 4. The molecule has 15 heavy (non-hydrogen) atoms. The molecule has 78 valence electrons. The smallest absolute Gasteiger partial charge is 0.148 e. The van der Waals surface area contributed by atoms with Crippen LogP contribution in [-0.4, -0.2) is 16.2 Å². The molecule has 0 fully saturated rings. The van der Waals surface area contributed by atoms with Crippen LogP contribution in [0.5, 0.6) is 0 Å². The number of anilines is 1. The summed E-state index contributed by atoms with van der Waals surface area (Å²) in [5.74, 6) is 0.834. The van der Waals surface area contributed by atoms with E-state index in [2.05, 4.69) is 39.3 Å². The van der Waals surface area contributed by atoms with Gasteiger partial charge in [0, 0.05) is 12.2 Å². The van der Waals surface area contributed by atoms with Crippen LogP contribution >= 0.6 is 11.3 Å². The van der Waals surface area contributed by atoms with Gasteiger partial charge in [0.15, 0.2) is 0 Å². The average Bonchev–Trinajstić information content (AvgIpc) is 2.71. The van der Waals surface area contributed by atoms with Crippen LogP contribution in [0.1, 0.15) is 12.5 Å². The van der Waals surface area contributed by atoms with E-state index in [1.807, 2.05) is 12.1 Å². The largest absolute Gasteiger partial charge is 0.366 e. The molecule has 0 bridgehead atoms. The van der Waals surface area contributed by atoms with E-state index in [9.17, 15) is 0 Å². The van der Waals surface area contributed by atoms with Gasteiger partial charge < -0.3 is 5.32 Å². The molecule has 0 aliphatic heterocycles. The molecule has 0 amide bonds. The summed E-state index contributed by atoms with van der Waals surface area (Å²) in [7, 11) is 0. The van der Waals surface area contributed by atoms with Gasteiger partial charge in [0.1, 0.15) is 5.82 Å². The van der Waals surface area contributed by atoms with Crippen LogP contribution < -0.4 is 5.32 Å². The standard InChI is InChI=1S/C11H13N3S/c1-9(7-10-4-6-15-8-10)13-11-3-2-5-12-14-11/h2-6,8-9H,7H2,1H3,(H,13,14). The monoisotopic (exact) mass is 219 g/mol. The van der Waals surface area contributed by atoms with Crippen molar-refractivity contribution in [1.29, 1.82) is 0 Å². The number of hydrogen-bond donors (Lipinski definition) is 1. The van der Waals surface area contributed by atoms with Crippen molar-refractivity contribution >= 4 is 17.2 Å². The van der Waals surface area contributed by atoms with Crippen molar-refractivity contribution in [2.24, 2.45) is 0 Å². The molecule has 0 aromatic carbocycles. The molecule has 2 aromatic rings. The minimum atomic E-state index is 0.372. The van der Waals surface area contributed by atoms with Crippen LogP contribution in [-0.2, 0) is 6.42 Å². The van der Waals surface area contributed by atoms with Gasteiger partial charge in [-0.15, -0.1) is 5.10 Å². The fourth-order valence-corrected chi connectivity index (χ4v) is 2.13. The van der Waals surface area contributed by atoms with Crippen molar-refractivity contribution < 1.29 is 0 Å². The first-order chi connectivity index (χ1) is 7.34. The van der Waals surface area contributed by atoms with Crippen molar-refractivity contribution in [1.82, 2.24) is 10.2 Å². The van der Waals surface area contributed by atoms with Crippen molar-refractivity contribution in [3.05, 3.63) is 40.7 Å². The number of nitrogens with one attached hydrogen (secondary N) is 1. The first kappa shape index (κ1) is 10.1. The van der Waals surface area contributed by atoms with E-state index < -0.39 is 0 Å². The summed E-state index contributed by atoms with van der Waals surface area (Å²) in [6.07, 6.45) is 2.69. The van der Waals surface area contributed by atoms with E-state index in [1.54, 1.807) is 17.5 Å². The van der Waals surface area contributed by atoms with Gasteiger partial charge in [0.05, 0.1) is 0 Å². The minimum Gasteiger partial charge on any atom is -0.366 e. The Morgan fingerprint density at radius 2 is 2.40 bits per heavy atom. The molecular formula is C11H13N3S. The normalized spacial score (nSPS) is 12.3. The first-order valence-electron chi connectivity index (χ1n) is 4.90. The van der Waals surface area contributed by atoms with E-state index >= 15 is 0 Å². The third-order valence-electron chi connectivity index (χ3n) is 2.09. The molecular weight excluding hydrogens is 206 g/mol. The molecule has 2 aromatic heterocycles. The third kappa shape index (κ3) is 3.02. The second kappa shape index (κ2) is 4.89. The highest BCUT2D eigenvalue weighted by Crippen LogP contribution is 2.10. The Balaban J connectivity index is 1.90. The van der Waals surface area contributed by atoms with Crippen LogP contribution in [0.4, 0.5) is 5.82 Å². The SMILES string of the molecule is CC(Cc1ccsc1)Nc1cccnn1. The quantitative estimate of drug-likeness (QED) is 0.858. The van der Waals surface area contributed by atoms with Crippen LogP contribution in [0, 0.1) is 0 Å². The van der Waals surface area contributed by atoms with Gasteiger partial charge in [0.2, 0.25) is 0 Å². The van der Waals surface area contributed by atoms with Gasteiger partial charge in [-0.3, -0.25) is 0 Å². The Bertz CT molecular complexity index is 385. The summed E-state index contributed by atoms with van der Waals surface area (Å²) in [4.78, 5) is 0. The lowest BCUT2D eigenvalue weighted by atomic mass is 10.1. The van der Waals surface area contributed by atoms with Gasteiger partial charge >= 0.3 is 0 Å². The van der Waals surface area contributed by atoms with Gasteiger partial charge in [-0.05, 0) is 47.9 Å². The highest BCUT2D eigenvalue weighted by molar-refractivity contribution is 7.07. The van der Waals surface area contributed by atoms with Crippen molar-refractivity contribution in [2.75, 3.05) is 5.32 Å². The van der Waals surface area contributed by atoms with Crippen LogP contribution in [0.15, 0.2) is 35.2 Å². The lowest BCUT2D eigenvalue weighted by Gasteiger charge is -2.12. The third-order valence-corrected chi connectivity index (χ3v) is 2.82. The first-order valence-corrected chi connectivity index (χ1v) is 5.84. The van der Waals surface area contributed by atoms with Gasteiger partial charge in [-0.2, -0.15) is 16.4 Å². The summed E-state index contributed by atoms with van der Waals surface area (Å²) in [5, 5.41) is 15.4. The second-order valence-corrected chi connectivity index (χ2v) is 4.27. The Hall–Kier alpha value is -1.42. The molecule has 0 saturated carbocycles. The van der Waals surface area contributed by atoms with E-state index in [4.69, 9.17) is 0 Å². The Kier molecular flexibility index (Phi) is 3.29. The molecule has 0 aliphatic rings.